The average molecular weight is 515 g/mol. The summed E-state index contributed by atoms with van der Waals surface area (Å²) in [6.45, 7) is 4.88. The highest BCUT2D eigenvalue weighted by atomic mass is 32.2. The third-order valence-corrected chi connectivity index (χ3v) is 5.98. The van der Waals surface area contributed by atoms with Crippen LogP contribution in [0.15, 0.2) is 42.6 Å². The van der Waals surface area contributed by atoms with Gasteiger partial charge in [-0.3, -0.25) is 9.38 Å². The van der Waals surface area contributed by atoms with Crippen LogP contribution in [-0.2, 0) is 21.5 Å². The minimum absolute atomic E-state index is 0.0389. The van der Waals surface area contributed by atoms with Crippen molar-refractivity contribution >= 4 is 33.0 Å². The lowest BCUT2D eigenvalue weighted by Gasteiger charge is -2.19. The van der Waals surface area contributed by atoms with Gasteiger partial charge in [-0.1, -0.05) is 24.3 Å². The van der Waals surface area contributed by atoms with E-state index in [-0.39, 0.29) is 6.54 Å². The molecule has 36 heavy (non-hydrogen) atoms. The lowest BCUT2D eigenvalue weighted by atomic mass is 10.1. The quantitative estimate of drug-likeness (QED) is 0.380. The topological polar surface area (TPSA) is 146 Å². The van der Waals surface area contributed by atoms with Crippen LogP contribution < -0.4 is 18.9 Å². The van der Waals surface area contributed by atoms with E-state index < -0.39 is 21.9 Å². The summed E-state index contributed by atoms with van der Waals surface area (Å²) in [5, 5.41) is 8.54. The lowest BCUT2D eigenvalue weighted by Crippen LogP contribution is -2.42. The second kappa shape index (κ2) is 9.59. The van der Waals surface area contributed by atoms with E-state index in [9.17, 15) is 13.2 Å². The first kappa shape index (κ1) is 25.1. The minimum atomic E-state index is -4.10. The minimum Gasteiger partial charge on any atom is -0.493 e. The van der Waals surface area contributed by atoms with Crippen molar-refractivity contribution < 1.29 is 27.4 Å². The Bertz CT molecular complexity index is 1530. The average Bonchev–Trinajstić information content (AvgIpc) is 3.25. The molecule has 0 aliphatic heterocycles. The molecule has 0 atom stereocenters. The first-order valence-electron chi connectivity index (χ1n) is 10.9. The van der Waals surface area contributed by atoms with Gasteiger partial charge in [0.2, 0.25) is 0 Å². The Hall–Kier alpha value is -3.97. The molecular formula is C23H26N6O6S. The zero-order chi connectivity index (χ0) is 26.1. The summed E-state index contributed by atoms with van der Waals surface area (Å²) >= 11 is 0. The van der Waals surface area contributed by atoms with Crippen LogP contribution in [0.1, 0.15) is 26.3 Å². The summed E-state index contributed by atoms with van der Waals surface area (Å²) in [4.78, 5) is 16.2. The highest BCUT2D eigenvalue weighted by Crippen LogP contribution is 2.33. The van der Waals surface area contributed by atoms with Gasteiger partial charge in [0.05, 0.1) is 31.4 Å². The van der Waals surface area contributed by atoms with E-state index in [1.165, 1.54) is 0 Å². The molecule has 2 aromatic carbocycles. The zero-order valence-electron chi connectivity index (χ0n) is 20.4. The Morgan fingerprint density at radius 3 is 2.33 bits per heavy atom. The SMILES string of the molecule is COc1cc2ncc3nnc(-c4ccc(CNS(=O)(=O)NC(=O)OC(C)(C)C)cc4)n3c2cc1OC. The maximum atomic E-state index is 12.2. The van der Waals surface area contributed by atoms with E-state index in [0.717, 1.165) is 11.1 Å². The van der Waals surface area contributed by atoms with Crippen LogP contribution in [0.25, 0.3) is 28.1 Å². The summed E-state index contributed by atoms with van der Waals surface area (Å²) in [5.74, 6) is 1.67. The Morgan fingerprint density at radius 2 is 1.69 bits per heavy atom. The maximum Gasteiger partial charge on any atom is 0.422 e. The number of hydrogen-bond donors (Lipinski definition) is 2. The monoisotopic (exact) mass is 514 g/mol. The fraction of sp³-hybridized carbons (Fsp3) is 0.304. The van der Waals surface area contributed by atoms with Crippen molar-refractivity contribution in [1.29, 1.82) is 0 Å². The first-order valence-corrected chi connectivity index (χ1v) is 12.3. The second-order valence-electron chi connectivity index (χ2n) is 8.80. The fourth-order valence-electron chi connectivity index (χ4n) is 3.47. The molecule has 13 heteroatoms. The number of rotatable bonds is 7. The summed E-state index contributed by atoms with van der Waals surface area (Å²) < 4.78 is 46.1. The van der Waals surface area contributed by atoms with Gasteiger partial charge in [0, 0.05) is 24.2 Å². The third-order valence-electron chi connectivity index (χ3n) is 5.02. The largest absolute Gasteiger partial charge is 0.493 e. The van der Waals surface area contributed by atoms with E-state index in [1.807, 2.05) is 15.2 Å². The molecule has 0 bridgehead atoms. The van der Waals surface area contributed by atoms with E-state index in [2.05, 4.69) is 19.9 Å². The van der Waals surface area contributed by atoms with Crippen LogP contribution in [0.3, 0.4) is 0 Å². The van der Waals surface area contributed by atoms with Crippen molar-refractivity contribution in [2.24, 2.45) is 0 Å². The molecule has 0 aliphatic rings. The molecule has 4 rings (SSSR count). The van der Waals surface area contributed by atoms with Gasteiger partial charge in [0.25, 0.3) is 0 Å². The molecule has 2 aromatic heterocycles. The van der Waals surface area contributed by atoms with Crippen molar-refractivity contribution in [2.75, 3.05) is 14.2 Å². The van der Waals surface area contributed by atoms with E-state index in [4.69, 9.17) is 14.2 Å². The smallest absolute Gasteiger partial charge is 0.422 e. The van der Waals surface area contributed by atoms with Gasteiger partial charge < -0.3 is 14.2 Å². The number of methoxy groups -OCH3 is 2. The van der Waals surface area contributed by atoms with E-state index in [1.54, 1.807) is 71.5 Å². The van der Waals surface area contributed by atoms with Crippen LogP contribution in [-0.4, -0.2) is 53.9 Å². The van der Waals surface area contributed by atoms with E-state index in [0.29, 0.717) is 34.1 Å². The normalized spacial score (nSPS) is 12.0. The molecule has 12 nitrogen and oxygen atoms in total. The van der Waals surface area contributed by atoms with Crippen molar-refractivity contribution in [1.82, 2.24) is 29.0 Å². The Balaban J connectivity index is 1.56. The van der Waals surface area contributed by atoms with Gasteiger partial charge in [-0.05, 0) is 26.3 Å². The zero-order valence-corrected chi connectivity index (χ0v) is 21.2. The summed E-state index contributed by atoms with van der Waals surface area (Å²) in [5.41, 5.74) is 2.55. The van der Waals surface area contributed by atoms with Crippen LogP contribution >= 0.6 is 0 Å². The molecule has 190 valence electrons. The Kier molecular flexibility index (Phi) is 6.69. The van der Waals surface area contributed by atoms with Crippen LogP contribution in [0.4, 0.5) is 4.79 Å². The van der Waals surface area contributed by atoms with Gasteiger partial charge in [0.1, 0.15) is 5.60 Å². The summed E-state index contributed by atoms with van der Waals surface area (Å²) in [7, 11) is -0.987. The number of aromatic nitrogens is 4. The Morgan fingerprint density at radius 1 is 1.03 bits per heavy atom. The molecule has 2 N–H and O–H groups in total. The third kappa shape index (κ3) is 5.47. The first-order chi connectivity index (χ1) is 17.0. The van der Waals surface area contributed by atoms with Gasteiger partial charge >= 0.3 is 16.3 Å². The molecule has 1 amide bonds. The Labute approximate surface area is 207 Å². The number of ether oxygens (including phenoxy) is 3. The number of carbonyl (C=O) groups is 1. The molecule has 0 saturated heterocycles. The number of carbonyl (C=O) groups excluding carboxylic acids is 1. The van der Waals surface area contributed by atoms with E-state index >= 15 is 0 Å². The van der Waals surface area contributed by atoms with Crippen molar-refractivity contribution in [2.45, 2.75) is 32.9 Å². The molecule has 0 spiro atoms. The molecule has 0 radical (unpaired) electrons. The lowest BCUT2D eigenvalue weighted by molar-refractivity contribution is 0.0569. The van der Waals surface area contributed by atoms with Crippen LogP contribution in [0.2, 0.25) is 0 Å². The maximum absolute atomic E-state index is 12.2. The van der Waals surface area contributed by atoms with Crippen molar-refractivity contribution in [3.8, 4) is 22.9 Å². The number of benzene rings is 2. The molecule has 2 heterocycles. The highest BCUT2D eigenvalue weighted by Gasteiger charge is 2.21. The number of hydrogen-bond acceptors (Lipinski definition) is 9. The number of fused-ring (bicyclic) bond motifs is 3. The van der Waals surface area contributed by atoms with Crippen LogP contribution in [0, 0.1) is 0 Å². The molecule has 0 saturated carbocycles. The fourth-order valence-corrected chi connectivity index (χ4v) is 4.16. The van der Waals surface area contributed by atoms with Crippen molar-refractivity contribution in [3.05, 3.63) is 48.2 Å². The molecular weight excluding hydrogens is 488 g/mol. The summed E-state index contributed by atoms with van der Waals surface area (Å²) in [6.07, 6.45) is 0.561. The highest BCUT2D eigenvalue weighted by molar-refractivity contribution is 7.88. The predicted molar refractivity (Wildman–Crippen MR) is 132 cm³/mol. The molecule has 0 unspecified atom stereocenters. The molecule has 0 aliphatic carbocycles. The van der Waals surface area contributed by atoms with Gasteiger partial charge in [0.15, 0.2) is 23.0 Å². The van der Waals surface area contributed by atoms with Gasteiger partial charge in [-0.15, -0.1) is 10.2 Å². The molecule has 0 fully saturated rings. The van der Waals surface area contributed by atoms with Crippen molar-refractivity contribution in [3.63, 3.8) is 0 Å². The van der Waals surface area contributed by atoms with Gasteiger partial charge in [-0.2, -0.15) is 13.1 Å². The number of amides is 1. The number of nitrogens with one attached hydrogen (secondary N) is 2. The standard InChI is InChI=1S/C23H26N6O6S/c1-23(2,3)35-22(30)28-36(31,32)25-12-14-6-8-15(9-7-14)21-27-26-20-13-24-16-10-18(33-4)19(34-5)11-17(16)29(20)21/h6-11,13,25H,12H2,1-5H3,(H,28,30). The second-order valence-corrected chi connectivity index (χ2v) is 10.3. The number of nitrogens with zero attached hydrogens (tertiary/aromatic N) is 4. The van der Waals surface area contributed by atoms with Gasteiger partial charge in [-0.25, -0.2) is 9.52 Å². The molecule has 4 aromatic rings. The summed E-state index contributed by atoms with van der Waals surface area (Å²) in [6, 6.07) is 10.7. The predicted octanol–water partition coefficient (Wildman–Crippen LogP) is 2.82. The van der Waals surface area contributed by atoms with Crippen LogP contribution in [0.5, 0.6) is 11.5 Å².